The first-order chi connectivity index (χ1) is 9.20. The van der Waals surface area contributed by atoms with E-state index in [1.54, 1.807) is 0 Å². The topological polar surface area (TPSA) is 24.5 Å². The maximum atomic E-state index is 5.74. The van der Waals surface area contributed by atoms with Gasteiger partial charge in [-0.15, -0.1) is 0 Å². The maximum absolute atomic E-state index is 5.74. The van der Waals surface area contributed by atoms with E-state index < -0.39 is 0 Å². The fourth-order valence-electron chi connectivity index (χ4n) is 2.45. The summed E-state index contributed by atoms with van der Waals surface area (Å²) in [7, 11) is 0. The number of nitrogens with one attached hydrogen (secondary N) is 1. The van der Waals surface area contributed by atoms with E-state index in [2.05, 4.69) is 58.2 Å². The van der Waals surface area contributed by atoms with Crippen molar-refractivity contribution >= 4 is 21.6 Å². The van der Waals surface area contributed by atoms with E-state index in [1.807, 2.05) is 0 Å². The molecule has 1 aliphatic heterocycles. The van der Waals surface area contributed by atoms with Gasteiger partial charge >= 0.3 is 0 Å². The Morgan fingerprint density at radius 2 is 2.32 bits per heavy atom. The average molecular weight is 327 g/mol. The minimum Gasteiger partial charge on any atom is -0.377 e. The van der Waals surface area contributed by atoms with Crippen LogP contribution in [0.1, 0.15) is 25.8 Å². The monoisotopic (exact) mass is 326 g/mol. The minimum atomic E-state index is 0.300. The largest absolute Gasteiger partial charge is 0.377 e. The number of rotatable bonds is 4. The van der Waals surface area contributed by atoms with E-state index in [0.717, 1.165) is 43.7 Å². The lowest BCUT2D eigenvalue weighted by molar-refractivity contribution is 0.0821. The quantitative estimate of drug-likeness (QED) is 0.919. The summed E-state index contributed by atoms with van der Waals surface area (Å²) >= 11 is 3.59. The Morgan fingerprint density at radius 3 is 3.11 bits per heavy atom. The van der Waals surface area contributed by atoms with Crippen molar-refractivity contribution in [2.75, 3.05) is 31.1 Å². The van der Waals surface area contributed by atoms with E-state index in [1.165, 1.54) is 11.3 Å². The van der Waals surface area contributed by atoms with Gasteiger partial charge in [0.1, 0.15) is 0 Å². The second kappa shape index (κ2) is 7.27. The van der Waals surface area contributed by atoms with Crippen molar-refractivity contribution in [3.05, 3.63) is 28.2 Å². The van der Waals surface area contributed by atoms with Crippen molar-refractivity contribution < 1.29 is 4.74 Å². The Labute approximate surface area is 124 Å². The summed E-state index contributed by atoms with van der Waals surface area (Å²) in [6, 6.07) is 6.55. The fourth-order valence-corrected chi connectivity index (χ4v) is 2.80. The molecule has 2 rings (SSSR count). The van der Waals surface area contributed by atoms with Gasteiger partial charge in [-0.05, 0) is 37.6 Å². The molecular formula is C15H23BrN2O. The summed E-state index contributed by atoms with van der Waals surface area (Å²) < 4.78 is 6.88. The zero-order valence-electron chi connectivity index (χ0n) is 11.8. The van der Waals surface area contributed by atoms with Crippen LogP contribution in [0.2, 0.25) is 0 Å². The van der Waals surface area contributed by atoms with E-state index in [4.69, 9.17) is 4.74 Å². The first-order valence-corrected chi connectivity index (χ1v) is 7.85. The number of hydrogen-bond acceptors (Lipinski definition) is 3. The van der Waals surface area contributed by atoms with Crippen molar-refractivity contribution in [2.24, 2.45) is 0 Å². The molecule has 0 aliphatic carbocycles. The van der Waals surface area contributed by atoms with Gasteiger partial charge in [0.05, 0.1) is 6.10 Å². The molecule has 0 bridgehead atoms. The molecule has 19 heavy (non-hydrogen) atoms. The van der Waals surface area contributed by atoms with Crippen LogP contribution in [0, 0.1) is 0 Å². The lowest BCUT2D eigenvalue weighted by atomic mass is 10.1. The molecular weight excluding hydrogens is 304 g/mol. The number of ether oxygens (including phenoxy) is 1. The molecule has 106 valence electrons. The number of benzene rings is 1. The van der Waals surface area contributed by atoms with Crippen LogP contribution >= 0.6 is 15.9 Å². The highest BCUT2D eigenvalue weighted by Gasteiger charge is 2.18. The van der Waals surface area contributed by atoms with Gasteiger partial charge < -0.3 is 15.0 Å². The zero-order chi connectivity index (χ0) is 13.7. The van der Waals surface area contributed by atoms with E-state index in [9.17, 15) is 0 Å². The van der Waals surface area contributed by atoms with Crippen LogP contribution in [0.25, 0.3) is 0 Å². The summed E-state index contributed by atoms with van der Waals surface area (Å²) in [6.45, 7) is 9.12. The molecule has 1 heterocycles. The molecule has 1 saturated heterocycles. The Bertz CT molecular complexity index is 411. The van der Waals surface area contributed by atoms with Crippen LogP contribution in [0.15, 0.2) is 22.7 Å². The molecule has 0 saturated carbocycles. The van der Waals surface area contributed by atoms with Crippen molar-refractivity contribution in [1.29, 1.82) is 0 Å². The molecule has 0 radical (unpaired) electrons. The van der Waals surface area contributed by atoms with Gasteiger partial charge in [0.25, 0.3) is 0 Å². The minimum absolute atomic E-state index is 0.300. The Hall–Kier alpha value is -0.580. The lowest BCUT2D eigenvalue weighted by Crippen LogP contribution is -2.31. The molecule has 1 aromatic rings. The highest BCUT2D eigenvalue weighted by molar-refractivity contribution is 9.10. The molecule has 1 atom stereocenters. The molecule has 1 aliphatic rings. The van der Waals surface area contributed by atoms with Gasteiger partial charge in [0.2, 0.25) is 0 Å². The Kier molecular flexibility index (Phi) is 5.67. The fraction of sp³-hybridized carbons (Fsp3) is 0.600. The normalized spacial score (nSPS) is 20.4. The molecule has 1 unspecified atom stereocenters. The third kappa shape index (κ3) is 4.20. The van der Waals surface area contributed by atoms with Gasteiger partial charge in [-0.3, -0.25) is 0 Å². The maximum Gasteiger partial charge on any atom is 0.0721 e. The summed E-state index contributed by atoms with van der Waals surface area (Å²) in [4.78, 5) is 2.45. The van der Waals surface area contributed by atoms with E-state index in [-0.39, 0.29) is 0 Å². The van der Waals surface area contributed by atoms with E-state index >= 15 is 0 Å². The zero-order valence-corrected chi connectivity index (χ0v) is 13.4. The average Bonchev–Trinajstić information content (AvgIpc) is 2.62. The first-order valence-electron chi connectivity index (χ1n) is 7.06. The van der Waals surface area contributed by atoms with Crippen LogP contribution in [0.5, 0.6) is 0 Å². The molecule has 0 spiro atoms. The van der Waals surface area contributed by atoms with Crippen LogP contribution in [0.3, 0.4) is 0 Å². The smallest absolute Gasteiger partial charge is 0.0721 e. The standard InChI is InChI=1S/C15H23BrN2O/c1-3-17-10-13-5-6-14(16)9-15(13)18-7-4-8-19-12(2)11-18/h5-6,9,12,17H,3-4,7-8,10-11H2,1-2H3. The summed E-state index contributed by atoms with van der Waals surface area (Å²) in [6.07, 6.45) is 1.39. The third-order valence-corrected chi connectivity index (χ3v) is 3.90. The molecule has 1 N–H and O–H groups in total. The molecule has 1 aromatic carbocycles. The number of hydrogen-bond donors (Lipinski definition) is 1. The lowest BCUT2D eigenvalue weighted by Gasteiger charge is -2.27. The van der Waals surface area contributed by atoms with Crippen LogP contribution < -0.4 is 10.2 Å². The third-order valence-electron chi connectivity index (χ3n) is 3.41. The SMILES string of the molecule is CCNCc1ccc(Br)cc1N1CCCOC(C)C1. The summed E-state index contributed by atoms with van der Waals surface area (Å²) in [5, 5.41) is 3.42. The predicted octanol–water partition coefficient (Wildman–Crippen LogP) is 3.17. The number of halogens is 1. The van der Waals surface area contributed by atoms with Gasteiger partial charge in [-0.25, -0.2) is 0 Å². The van der Waals surface area contributed by atoms with Crippen molar-refractivity contribution in [3.8, 4) is 0 Å². The number of nitrogens with zero attached hydrogens (tertiary/aromatic N) is 1. The molecule has 1 fully saturated rings. The van der Waals surface area contributed by atoms with Crippen molar-refractivity contribution in [1.82, 2.24) is 5.32 Å². The second-order valence-electron chi connectivity index (χ2n) is 5.03. The Morgan fingerprint density at radius 1 is 1.47 bits per heavy atom. The van der Waals surface area contributed by atoms with Crippen LogP contribution in [-0.2, 0) is 11.3 Å². The van der Waals surface area contributed by atoms with Gasteiger partial charge in [0.15, 0.2) is 0 Å². The van der Waals surface area contributed by atoms with Crippen molar-refractivity contribution in [2.45, 2.75) is 32.9 Å². The predicted molar refractivity (Wildman–Crippen MR) is 83.8 cm³/mol. The van der Waals surface area contributed by atoms with Crippen molar-refractivity contribution in [3.63, 3.8) is 0 Å². The summed E-state index contributed by atoms with van der Waals surface area (Å²) in [5.41, 5.74) is 2.69. The molecule has 0 aromatic heterocycles. The highest BCUT2D eigenvalue weighted by atomic mass is 79.9. The van der Waals surface area contributed by atoms with Gasteiger partial charge in [-0.2, -0.15) is 0 Å². The van der Waals surface area contributed by atoms with Gasteiger partial charge in [0, 0.05) is 36.4 Å². The highest BCUT2D eigenvalue weighted by Crippen LogP contribution is 2.27. The molecule has 0 amide bonds. The summed E-state index contributed by atoms with van der Waals surface area (Å²) in [5.74, 6) is 0. The number of anilines is 1. The Balaban J connectivity index is 2.22. The van der Waals surface area contributed by atoms with Gasteiger partial charge in [-0.1, -0.05) is 28.9 Å². The first kappa shape index (κ1) is 14.8. The second-order valence-corrected chi connectivity index (χ2v) is 5.95. The van der Waals surface area contributed by atoms with Crippen LogP contribution in [-0.4, -0.2) is 32.3 Å². The molecule has 3 nitrogen and oxygen atoms in total. The van der Waals surface area contributed by atoms with E-state index in [0.29, 0.717) is 6.10 Å². The van der Waals surface area contributed by atoms with Crippen LogP contribution in [0.4, 0.5) is 5.69 Å². The molecule has 4 heteroatoms.